The standard InChI is InChI=1S/C16H20N2O3.2C16H20N2O2.CO2/c1-16(2,3)21-15(20)18-5-4-12-6-11(10-19)7-13(8-17)14(12)9-18;2*1-11-7-12-5-6-18(15(19)20-16(2,3)4)10-14(12)13(8-11)9-17;2-1-3/h6-7,19H,4-5,9-10H2,1-3H3;2*7-8H,5-6,10H2,1-4H3;. The first-order valence-electron chi connectivity index (χ1n) is 21.0. The number of carbonyl (C=O) groups is 3. The van der Waals surface area contributed by atoms with Crippen molar-refractivity contribution in [1.29, 1.82) is 15.8 Å². The molecule has 1 N–H and O–H groups in total. The van der Waals surface area contributed by atoms with E-state index in [9.17, 15) is 35.3 Å². The number of aliphatic hydroxyl groups is 1. The largest absolute Gasteiger partial charge is 0.444 e. The van der Waals surface area contributed by atoms with E-state index in [2.05, 4.69) is 30.3 Å². The molecule has 3 aromatic carbocycles. The second kappa shape index (κ2) is 22.1. The van der Waals surface area contributed by atoms with Crippen molar-refractivity contribution in [3.63, 3.8) is 0 Å². The minimum absolute atomic E-state index is 0.0856. The van der Waals surface area contributed by atoms with Gasteiger partial charge in [0.2, 0.25) is 0 Å². The lowest BCUT2D eigenvalue weighted by Crippen LogP contribution is -2.40. The second-order valence-electron chi connectivity index (χ2n) is 18.7. The Bertz CT molecular complexity index is 2260. The zero-order valence-electron chi connectivity index (χ0n) is 38.9. The fraction of sp³-hybridized carbons (Fsp3) is 0.490. The summed E-state index contributed by atoms with van der Waals surface area (Å²) >= 11 is 0. The van der Waals surface area contributed by atoms with E-state index in [-0.39, 0.29) is 31.0 Å². The smallest absolute Gasteiger partial charge is 0.410 e. The van der Waals surface area contributed by atoms with Crippen LogP contribution in [-0.2, 0) is 69.3 Å². The number of aliphatic hydroxyl groups excluding tert-OH is 1. The van der Waals surface area contributed by atoms with Crippen LogP contribution in [0.1, 0.15) is 129 Å². The highest BCUT2D eigenvalue weighted by molar-refractivity contribution is 5.70. The van der Waals surface area contributed by atoms with Crippen LogP contribution in [0.2, 0.25) is 0 Å². The van der Waals surface area contributed by atoms with Crippen molar-refractivity contribution in [3.05, 3.63) is 103 Å². The Kier molecular flexibility index (Phi) is 17.8. The Hall–Kier alpha value is -6.72. The predicted molar refractivity (Wildman–Crippen MR) is 235 cm³/mol. The number of ether oxygens (including phenoxy) is 3. The number of aryl methyl sites for hydroxylation is 2. The van der Waals surface area contributed by atoms with Gasteiger partial charge in [-0.25, -0.2) is 14.4 Å². The molecule has 0 aromatic heterocycles. The van der Waals surface area contributed by atoms with Crippen molar-refractivity contribution < 1.29 is 43.3 Å². The van der Waals surface area contributed by atoms with Crippen LogP contribution in [0, 0.1) is 47.8 Å². The molecule has 3 aromatic rings. The molecule has 3 amide bonds. The SMILES string of the molecule is CC(C)(C)OC(=O)N1CCc2cc(CO)cc(C#N)c2C1.Cc1cc(C#N)c2c(c1)CCN(C(=O)OC(C)(C)C)C2.Cc1cc(C#N)c2c(c1)CCN(C(=O)OC(C)(C)C)C2.O=C=O. The highest BCUT2D eigenvalue weighted by Gasteiger charge is 2.30. The van der Waals surface area contributed by atoms with Crippen LogP contribution < -0.4 is 0 Å². The average Bonchev–Trinajstić information content (AvgIpc) is 3.20. The van der Waals surface area contributed by atoms with Crippen molar-refractivity contribution in [1.82, 2.24) is 14.7 Å². The molecule has 6 rings (SSSR count). The maximum atomic E-state index is 12.1. The van der Waals surface area contributed by atoms with Crippen LogP contribution in [0.15, 0.2) is 36.4 Å². The van der Waals surface area contributed by atoms with Gasteiger partial charge in [-0.1, -0.05) is 18.2 Å². The van der Waals surface area contributed by atoms with Gasteiger partial charge < -0.3 is 34.0 Å². The minimum atomic E-state index is -0.532. The first-order valence-corrected chi connectivity index (χ1v) is 21.0. The summed E-state index contributed by atoms with van der Waals surface area (Å²) in [5.74, 6) is 0. The van der Waals surface area contributed by atoms with Crippen LogP contribution in [0.5, 0.6) is 0 Å². The van der Waals surface area contributed by atoms with Crippen molar-refractivity contribution in [3.8, 4) is 18.2 Å². The Morgan fingerprint density at radius 1 is 0.547 bits per heavy atom. The van der Waals surface area contributed by atoms with E-state index >= 15 is 0 Å². The maximum absolute atomic E-state index is 12.1. The summed E-state index contributed by atoms with van der Waals surface area (Å²) in [7, 11) is 0. The van der Waals surface area contributed by atoms with E-state index in [1.165, 1.54) is 11.1 Å². The fourth-order valence-electron chi connectivity index (χ4n) is 7.22. The van der Waals surface area contributed by atoms with Crippen LogP contribution in [0.4, 0.5) is 14.4 Å². The van der Waals surface area contributed by atoms with Gasteiger partial charge in [-0.15, -0.1) is 0 Å². The van der Waals surface area contributed by atoms with Gasteiger partial charge >= 0.3 is 24.4 Å². The number of benzene rings is 3. The molecule has 3 aliphatic heterocycles. The van der Waals surface area contributed by atoms with Gasteiger partial charge in [-0.05, 0) is 164 Å². The lowest BCUT2D eigenvalue weighted by molar-refractivity contribution is -0.191. The van der Waals surface area contributed by atoms with Gasteiger partial charge in [0.25, 0.3) is 0 Å². The molecule has 15 nitrogen and oxygen atoms in total. The maximum Gasteiger partial charge on any atom is 0.410 e. The molecule has 0 radical (unpaired) electrons. The summed E-state index contributed by atoms with van der Waals surface area (Å²) < 4.78 is 16.2. The lowest BCUT2D eigenvalue weighted by Gasteiger charge is -2.31. The molecular weight excluding hydrogens is 817 g/mol. The van der Waals surface area contributed by atoms with E-state index < -0.39 is 16.8 Å². The molecule has 15 heteroatoms. The molecule has 0 unspecified atom stereocenters. The van der Waals surface area contributed by atoms with Crippen molar-refractivity contribution in [2.24, 2.45) is 0 Å². The van der Waals surface area contributed by atoms with Crippen molar-refractivity contribution in [2.45, 2.75) is 138 Å². The summed E-state index contributed by atoms with van der Waals surface area (Å²) in [6.07, 6.45) is 1.47. The van der Waals surface area contributed by atoms with Crippen molar-refractivity contribution in [2.75, 3.05) is 19.6 Å². The molecule has 340 valence electrons. The Labute approximate surface area is 376 Å². The zero-order valence-corrected chi connectivity index (χ0v) is 38.9. The number of nitrogens with zero attached hydrogens (tertiary/aromatic N) is 6. The third-order valence-electron chi connectivity index (χ3n) is 9.87. The predicted octanol–water partition coefficient (Wildman–Crippen LogP) is 8.08. The lowest BCUT2D eigenvalue weighted by atomic mass is 9.93. The Morgan fingerprint density at radius 3 is 1.09 bits per heavy atom. The van der Waals surface area contributed by atoms with Gasteiger partial charge in [0.05, 0.1) is 61.1 Å². The van der Waals surface area contributed by atoms with Crippen LogP contribution >= 0.6 is 0 Å². The molecule has 0 spiro atoms. The number of carbonyl (C=O) groups excluding carboxylic acids is 5. The molecule has 0 fully saturated rings. The Balaban J connectivity index is 0.000000247. The van der Waals surface area contributed by atoms with Gasteiger partial charge in [-0.2, -0.15) is 25.4 Å². The summed E-state index contributed by atoms with van der Waals surface area (Å²) in [5.41, 5.74) is 9.35. The van der Waals surface area contributed by atoms with E-state index in [0.717, 1.165) is 51.8 Å². The fourth-order valence-corrected chi connectivity index (χ4v) is 7.22. The first-order chi connectivity index (χ1) is 29.8. The van der Waals surface area contributed by atoms with E-state index in [1.54, 1.807) is 20.8 Å². The Morgan fingerprint density at radius 2 is 0.828 bits per heavy atom. The topological polar surface area (TPSA) is 214 Å². The summed E-state index contributed by atoms with van der Waals surface area (Å²) in [6.45, 7) is 23.6. The summed E-state index contributed by atoms with van der Waals surface area (Å²) in [6, 6.07) is 18.1. The van der Waals surface area contributed by atoms with Crippen LogP contribution in [0.3, 0.4) is 0 Å². The molecule has 0 bridgehead atoms. The van der Waals surface area contributed by atoms with Crippen LogP contribution in [0.25, 0.3) is 0 Å². The van der Waals surface area contributed by atoms with Gasteiger partial charge in [0.15, 0.2) is 0 Å². The van der Waals surface area contributed by atoms with Gasteiger partial charge in [0.1, 0.15) is 16.8 Å². The molecule has 0 saturated carbocycles. The minimum Gasteiger partial charge on any atom is -0.444 e. The van der Waals surface area contributed by atoms with E-state index in [1.807, 2.05) is 94.4 Å². The number of hydrogen-bond acceptors (Lipinski definition) is 12. The van der Waals surface area contributed by atoms with Gasteiger partial charge in [0, 0.05) is 19.6 Å². The molecular formula is C49H60N6O9. The number of amides is 3. The third kappa shape index (κ3) is 15.3. The monoisotopic (exact) mass is 876 g/mol. The highest BCUT2D eigenvalue weighted by Crippen LogP contribution is 2.28. The van der Waals surface area contributed by atoms with E-state index in [4.69, 9.17) is 23.8 Å². The quantitative estimate of drug-likeness (QED) is 0.230. The molecule has 3 heterocycles. The average molecular weight is 877 g/mol. The molecule has 0 aliphatic carbocycles. The third-order valence-corrected chi connectivity index (χ3v) is 9.87. The highest BCUT2D eigenvalue weighted by atomic mass is 16.6. The second-order valence-corrected chi connectivity index (χ2v) is 18.7. The number of rotatable bonds is 1. The molecule has 3 aliphatic rings. The normalized spacial score (nSPS) is 13.9. The number of hydrogen-bond donors (Lipinski definition) is 1. The number of nitriles is 3. The molecule has 0 atom stereocenters. The first kappa shape index (κ1) is 51.6. The van der Waals surface area contributed by atoms with Crippen molar-refractivity contribution >= 4 is 24.4 Å². The summed E-state index contributed by atoms with van der Waals surface area (Å²) in [4.78, 5) is 57.6. The summed E-state index contributed by atoms with van der Waals surface area (Å²) in [5, 5.41) is 37.0. The molecule has 0 saturated heterocycles. The number of fused-ring (bicyclic) bond motifs is 3. The molecule has 64 heavy (non-hydrogen) atoms. The zero-order chi connectivity index (χ0) is 48.2. The van der Waals surface area contributed by atoms with Gasteiger partial charge in [-0.3, -0.25) is 0 Å². The van der Waals surface area contributed by atoms with Crippen LogP contribution in [-0.4, -0.2) is 80.7 Å². The van der Waals surface area contributed by atoms with E-state index in [0.29, 0.717) is 62.4 Å².